The minimum absolute atomic E-state index is 0.0951. The van der Waals surface area contributed by atoms with Gasteiger partial charge in [0, 0.05) is 27.3 Å². The van der Waals surface area contributed by atoms with Crippen molar-refractivity contribution in [1.29, 1.82) is 0 Å². The Bertz CT molecular complexity index is 1650. The van der Waals surface area contributed by atoms with E-state index in [0.717, 1.165) is 19.1 Å². The van der Waals surface area contributed by atoms with Crippen LogP contribution in [0.25, 0.3) is 22.3 Å². The molecule has 1 aliphatic heterocycles. The van der Waals surface area contributed by atoms with Gasteiger partial charge in [-0.15, -0.1) is 0 Å². The summed E-state index contributed by atoms with van der Waals surface area (Å²) in [5.74, 6) is -1.31. The van der Waals surface area contributed by atoms with Crippen LogP contribution >= 0.6 is 11.6 Å². The van der Waals surface area contributed by atoms with Crippen molar-refractivity contribution in [2.75, 3.05) is 17.2 Å². The molecular formula is C32H37ClFNO6S. The number of hydrogen-bond acceptors (Lipinski definition) is 5. The maximum Gasteiger partial charge on any atom is 0.337 e. The van der Waals surface area contributed by atoms with E-state index < -0.39 is 33.5 Å². The summed E-state index contributed by atoms with van der Waals surface area (Å²) in [7, 11) is -3.86. The normalized spacial score (nSPS) is 13.9. The maximum atomic E-state index is 15.6. The zero-order valence-corrected chi connectivity index (χ0v) is 26.5. The molecule has 3 aromatic carbocycles. The molecule has 0 aliphatic carbocycles. The van der Waals surface area contributed by atoms with Crippen molar-refractivity contribution >= 4 is 33.3 Å². The predicted octanol–water partition coefficient (Wildman–Crippen LogP) is 7.83. The summed E-state index contributed by atoms with van der Waals surface area (Å²) >= 11 is 6.38. The molecule has 3 aromatic rings. The van der Waals surface area contributed by atoms with Gasteiger partial charge in [0.05, 0.1) is 30.7 Å². The molecule has 10 heteroatoms. The van der Waals surface area contributed by atoms with E-state index in [-0.39, 0.29) is 23.4 Å². The number of rotatable bonds is 9. The average molecular weight is 618 g/mol. The zero-order chi connectivity index (χ0) is 31.1. The highest BCUT2D eigenvalue weighted by molar-refractivity contribution is 7.92. The van der Waals surface area contributed by atoms with Crippen LogP contribution < -0.4 is 9.04 Å². The molecule has 1 aliphatic rings. The third-order valence-electron chi connectivity index (χ3n) is 7.26. The van der Waals surface area contributed by atoms with Gasteiger partial charge in [0.15, 0.2) is 6.10 Å². The molecule has 42 heavy (non-hydrogen) atoms. The van der Waals surface area contributed by atoms with E-state index >= 15 is 4.39 Å². The van der Waals surface area contributed by atoms with Crippen LogP contribution in [0.3, 0.4) is 0 Å². The fourth-order valence-electron chi connectivity index (χ4n) is 5.53. The first-order chi connectivity index (χ1) is 19.6. The van der Waals surface area contributed by atoms with E-state index in [1.165, 1.54) is 10.4 Å². The van der Waals surface area contributed by atoms with Crippen LogP contribution in [0.15, 0.2) is 36.4 Å². The minimum atomic E-state index is -3.86. The average Bonchev–Trinajstić information content (AvgIpc) is 2.88. The van der Waals surface area contributed by atoms with Crippen molar-refractivity contribution in [2.24, 2.45) is 0 Å². The van der Waals surface area contributed by atoms with Gasteiger partial charge < -0.3 is 14.6 Å². The summed E-state index contributed by atoms with van der Waals surface area (Å²) < 4.78 is 55.6. The van der Waals surface area contributed by atoms with Gasteiger partial charge in [-0.25, -0.2) is 17.6 Å². The van der Waals surface area contributed by atoms with E-state index in [2.05, 4.69) is 0 Å². The summed E-state index contributed by atoms with van der Waals surface area (Å²) in [6.45, 7) is 11.0. The van der Waals surface area contributed by atoms with E-state index in [1.54, 1.807) is 65.0 Å². The second-order valence-electron chi connectivity index (χ2n) is 11.6. The lowest BCUT2D eigenvalue weighted by molar-refractivity contribution is -0.160. The molecule has 0 bridgehead atoms. The summed E-state index contributed by atoms with van der Waals surface area (Å²) in [5.41, 5.74) is 2.67. The monoisotopic (exact) mass is 617 g/mol. The largest absolute Gasteiger partial charge is 0.493 e. The van der Waals surface area contributed by atoms with Crippen LogP contribution in [-0.4, -0.2) is 38.0 Å². The van der Waals surface area contributed by atoms with Crippen molar-refractivity contribution < 1.29 is 32.2 Å². The molecule has 0 fully saturated rings. The molecule has 1 atom stereocenters. The molecule has 0 saturated carbocycles. The van der Waals surface area contributed by atoms with Crippen molar-refractivity contribution in [2.45, 2.75) is 72.6 Å². The Kier molecular flexibility index (Phi) is 8.98. The second-order valence-corrected chi connectivity index (χ2v) is 13.9. The van der Waals surface area contributed by atoms with E-state index in [1.807, 2.05) is 6.92 Å². The fraction of sp³-hybridized carbons (Fsp3) is 0.406. The summed E-state index contributed by atoms with van der Waals surface area (Å²) in [5, 5.41) is 11.0. The summed E-state index contributed by atoms with van der Waals surface area (Å²) in [6.07, 6.45) is 1.29. The number of carbonyl (C=O) groups is 1. The zero-order valence-electron chi connectivity index (χ0n) is 25.0. The van der Waals surface area contributed by atoms with Crippen molar-refractivity contribution in [1.82, 2.24) is 0 Å². The highest BCUT2D eigenvalue weighted by Crippen LogP contribution is 2.53. The van der Waals surface area contributed by atoms with E-state index in [9.17, 15) is 18.3 Å². The number of aliphatic carboxylic acids is 1. The Labute approximate surface area is 252 Å². The van der Waals surface area contributed by atoms with Crippen LogP contribution in [0.2, 0.25) is 5.02 Å². The lowest BCUT2D eigenvalue weighted by atomic mass is 9.80. The number of carboxylic acids is 1. The molecule has 0 aromatic heterocycles. The number of benzene rings is 3. The van der Waals surface area contributed by atoms with Gasteiger partial charge in [0.2, 0.25) is 10.0 Å². The molecule has 0 saturated heterocycles. The SMILES string of the molecule is CCCCOc1cc(Cl)ccc1-c1c(C)c2c(c(C)c1[C@H](OC(C)(C)C)C(=O)O)N(S(C)(=O)=O)Cc1cccc(F)c1-2. The molecule has 7 nitrogen and oxygen atoms in total. The number of nitrogens with zero attached hydrogens (tertiary/aromatic N) is 1. The van der Waals surface area contributed by atoms with Crippen molar-refractivity contribution in [3.8, 4) is 28.0 Å². The van der Waals surface area contributed by atoms with Gasteiger partial charge in [-0.1, -0.05) is 37.1 Å². The van der Waals surface area contributed by atoms with Gasteiger partial charge >= 0.3 is 5.97 Å². The number of anilines is 1. The summed E-state index contributed by atoms with van der Waals surface area (Å²) in [4.78, 5) is 12.9. The number of halogens is 2. The summed E-state index contributed by atoms with van der Waals surface area (Å²) in [6, 6.07) is 9.68. The number of hydrogen-bond donors (Lipinski definition) is 1. The number of sulfonamides is 1. The highest BCUT2D eigenvalue weighted by atomic mass is 35.5. The molecule has 0 amide bonds. The Morgan fingerprint density at radius 1 is 1.12 bits per heavy atom. The molecule has 226 valence electrons. The van der Waals surface area contributed by atoms with Gasteiger partial charge in [0.1, 0.15) is 11.6 Å². The predicted molar refractivity (Wildman–Crippen MR) is 164 cm³/mol. The molecule has 0 radical (unpaired) electrons. The van der Waals surface area contributed by atoms with Crippen LogP contribution in [-0.2, 0) is 26.1 Å². The number of carboxylic acid groups (broad SMARTS) is 1. The number of fused-ring (bicyclic) bond motifs is 3. The Morgan fingerprint density at radius 2 is 1.81 bits per heavy atom. The molecule has 1 N–H and O–H groups in total. The van der Waals surface area contributed by atoms with E-state index in [0.29, 0.717) is 50.8 Å². The van der Waals surface area contributed by atoms with Gasteiger partial charge in [-0.05, 0) is 87.6 Å². The van der Waals surface area contributed by atoms with Gasteiger partial charge in [0.25, 0.3) is 0 Å². The van der Waals surface area contributed by atoms with Gasteiger partial charge in [-0.2, -0.15) is 0 Å². The quantitative estimate of drug-likeness (QED) is 0.246. The highest BCUT2D eigenvalue weighted by Gasteiger charge is 2.39. The first-order valence-corrected chi connectivity index (χ1v) is 16.0. The third-order valence-corrected chi connectivity index (χ3v) is 8.60. The Hall–Kier alpha value is -3.14. The molecular weight excluding hydrogens is 581 g/mol. The Balaban J connectivity index is 2.23. The fourth-order valence-corrected chi connectivity index (χ4v) is 6.63. The topological polar surface area (TPSA) is 93.1 Å². The van der Waals surface area contributed by atoms with Crippen LogP contribution in [0, 0.1) is 19.7 Å². The van der Waals surface area contributed by atoms with Crippen LogP contribution in [0.1, 0.15) is 68.9 Å². The smallest absolute Gasteiger partial charge is 0.337 e. The van der Waals surface area contributed by atoms with E-state index in [4.69, 9.17) is 21.1 Å². The molecule has 1 heterocycles. The second kappa shape index (κ2) is 11.9. The standard InChI is InChI=1S/C32H37ClFNO6S/c1-8-9-15-40-24-16-21(33)13-14-22(24)25-18(2)26-28-20(11-10-12-23(28)34)17-35(42(7,38)39)29(26)19(3)27(25)30(31(36)37)41-32(4,5)6/h10-14,16,30H,8-9,15,17H2,1-7H3,(H,36,37)/t30-/m0/s1. The molecule has 0 unspecified atom stereocenters. The molecule has 0 spiro atoms. The van der Waals surface area contributed by atoms with Crippen molar-refractivity contribution in [3.63, 3.8) is 0 Å². The first-order valence-electron chi connectivity index (χ1n) is 13.8. The lowest BCUT2D eigenvalue weighted by Gasteiger charge is -2.37. The van der Waals surface area contributed by atoms with Crippen LogP contribution in [0.5, 0.6) is 5.75 Å². The van der Waals surface area contributed by atoms with Gasteiger partial charge in [-0.3, -0.25) is 4.31 Å². The van der Waals surface area contributed by atoms with Crippen LogP contribution in [0.4, 0.5) is 10.1 Å². The minimum Gasteiger partial charge on any atom is -0.493 e. The maximum absolute atomic E-state index is 15.6. The number of unbranched alkanes of at least 4 members (excludes halogenated alkanes) is 1. The molecule has 4 rings (SSSR count). The first kappa shape index (κ1) is 31.8. The lowest BCUT2D eigenvalue weighted by Crippen LogP contribution is -2.35. The van der Waals surface area contributed by atoms with Crippen molar-refractivity contribution in [3.05, 3.63) is 69.5 Å². The Morgan fingerprint density at radius 3 is 2.40 bits per heavy atom. The number of ether oxygens (including phenoxy) is 2. The third kappa shape index (κ3) is 6.14.